The highest BCUT2D eigenvalue weighted by atomic mass is 35.5. The zero-order valence-electron chi connectivity index (χ0n) is 7.17. The number of carbonyl (C=O) groups is 1. The monoisotopic (exact) mass is 177 g/mol. The van der Waals surface area contributed by atoms with Crippen LogP contribution in [-0.4, -0.2) is 30.8 Å². The minimum Gasteiger partial charge on any atom is -0.306 e. The summed E-state index contributed by atoms with van der Waals surface area (Å²) in [6.45, 7) is 0. The fourth-order valence-electron chi connectivity index (χ4n) is 1.44. The lowest BCUT2D eigenvalue weighted by Crippen LogP contribution is -2.33. The van der Waals surface area contributed by atoms with Gasteiger partial charge in [-0.25, -0.2) is 0 Å². The van der Waals surface area contributed by atoms with Gasteiger partial charge < -0.3 is 4.90 Å². The van der Waals surface area contributed by atoms with E-state index in [1.54, 1.807) is 0 Å². The first-order valence-electron chi connectivity index (χ1n) is 3.88. The maximum Gasteiger partial charge on any atom is 0.134 e. The number of hydrogen-bond acceptors (Lipinski definition) is 2. The number of rotatable bonds is 1. The van der Waals surface area contributed by atoms with Crippen molar-refractivity contribution in [1.82, 2.24) is 4.90 Å². The van der Waals surface area contributed by atoms with Gasteiger partial charge in [-0.1, -0.05) is 0 Å². The Kier molecular flexibility index (Phi) is 4.69. The molecule has 1 fully saturated rings. The third kappa shape index (κ3) is 3.21. The van der Waals surface area contributed by atoms with Crippen molar-refractivity contribution in [2.75, 3.05) is 14.1 Å². The van der Waals surface area contributed by atoms with Crippen molar-refractivity contribution in [3.05, 3.63) is 0 Å². The molecular formula is C8H16ClNO. The van der Waals surface area contributed by atoms with E-state index in [0.29, 0.717) is 11.8 Å². The zero-order valence-corrected chi connectivity index (χ0v) is 7.99. The molecule has 1 aliphatic rings. The number of ketones is 1. The highest BCUT2D eigenvalue weighted by Crippen LogP contribution is 2.17. The third-order valence-electron chi connectivity index (χ3n) is 2.19. The summed E-state index contributed by atoms with van der Waals surface area (Å²) in [4.78, 5) is 13.1. The summed E-state index contributed by atoms with van der Waals surface area (Å²) in [5.74, 6) is 0.435. The third-order valence-corrected chi connectivity index (χ3v) is 2.19. The average molecular weight is 178 g/mol. The molecule has 1 aliphatic carbocycles. The Hall–Kier alpha value is -0.0800. The molecule has 1 unspecified atom stereocenters. The molecule has 0 radical (unpaired) electrons. The van der Waals surface area contributed by atoms with Crippen molar-refractivity contribution in [2.24, 2.45) is 0 Å². The normalized spacial score (nSPS) is 25.0. The van der Waals surface area contributed by atoms with Gasteiger partial charge in [-0.3, -0.25) is 4.79 Å². The summed E-state index contributed by atoms with van der Waals surface area (Å²) >= 11 is 0. The molecule has 0 bridgehead atoms. The zero-order chi connectivity index (χ0) is 7.56. The molecule has 0 N–H and O–H groups in total. The summed E-state index contributed by atoms with van der Waals surface area (Å²) in [6.07, 6.45) is 3.86. The van der Waals surface area contributed by atoms with Gasteiger partial charge in [0.2, 0.25) is 0 Å². The van der Waals surface area contributed by atoms with Gasteiger partial charge in [-0.15, -0.1) is 12.4 Å². The van der Waals surface area contributed by atoms with E-state index in [1.807, 2.05) is 14.1 Å². The molecule has 0 amide bonds. The molecule has 0 heterocycles. The van der Waals surface area contributed by atoms with Gasteiger partial charge in [0.25, 0.3) is 0 Å². The number of Topliss-reactive ketones (excluding diaryl/α,β-unsaturated/α-hetero) is 1. The molecular weight excluding hydrogens is 162 g/mol. The maximum absolute atomic E-state index is 11.0. The van der Waals surface area contributed by atoms with Gasteiger partial charge in [-0.2, -0.15) is 0 Å². The second-order valence-corrected chi connectivity index (χ2v) is 3.25. The number of halogens is 1. The molecule has 0 saturated heterocycles. The summed E-state index contributed by atoms with van der Waals surface area (Å²) < 4.78 is 0. The van der Waals surface area contributed by atoms with E-state index in [0.717, 1.165) is 19.3 Å². The molecule has 0 spiro atoms. The largest absolute Gasteiger partial charge is 0.306 e. The van der Waals surface area contributed by atoms with E-state index in [-0.39, 0.29) is 12.4 Å². The van der Waals surface area contributed by atoms with Crippen LogP contribution >= 0.6 is 12.4 Å². The summed E-state index contributed by atoms with van der Waals surface area (Å²) in [6, 6.07) is 0.515. The summed E-state index contributed by atoms with van der Waals surface area (Å²) in [5.41, 5.74) is 0. The van der Waals surface area contributed by atoms with Crippen LogP contribution < -0.4 is 0 Å². The average Bonchev–Trinajstić information content (AvgIpc) is 1.88. The van der Waals surface area contributed by atoms with Crippen LogP contribution in [0.25, 0.3) is 0 Å². The van der Waals surface area contributed by atoms with Gasteiger partial charge in [-0.05, 0) is 26.9 Å². The Morgan fingerprint density at radius 1 is 1.45 bits per heavy atom. The van der Waals surface area contributed by atoms with Crippen LogP contribution in [0.4, 0.5) is 0 Å². The van der Waals surface area contributed by atoms with E-state index < -0.39 is 0 Å². The van der Waals surface area contributed by atoms with Crippen LogP contribution in [0.1, 0.15) is 25.7 Å². The van der Waals surface area contributed by atoms with Crippen molar-refractivity contribution < 1.29 is 4.79 Å². The van der Waals surface area contributed by atoms with Gasteiger partial charge in [0.15, 0.2) is 0 Å². The highest BCUT2D eigenvalue weighted by molar-refractivity contribution is 5.85. The van der Waals surface area contributed by atoms with Crippen LogP contribution in [0.5, 0.6) is 0 Å². The maximum atomic E-state index is 11.0. The van der Waals surface area contributed by atoms with Crippen LogP contribution in [0.2, 0.25) is 0 Å². The van der Waals surface area contributed by atoms with E-state index in [4.69, 9.17) is 0 Å². The second-order valence-electron chi connectivity index (χ2n) is 3.25. The van der Waals surface area contributed by atoms with Crippen molar-refractivity contribution in [3.8, 4) is 0 Å². The first kappa shape index (κ1) is 10.9. The number of hydrogen-bond donors (Lipinski definition) is 0. The fourth-order valence-corrected chi connectivity index (χ4v) is 1.44. The van der Waals surface area contributed by atoms with Crippen LogP contribution in [-0.2, 0) is 4.79 Å². The van der Waals surface area contributed by atoms with E-state index in [2.05, 4.69) is 4.90 Å². The molecule has 1 saturated carbocycles. The van der Waals surface area contributed by atoms with Crippen molar-refractivity contribution in [1.29, 1.82) is 0 Å². The highest BCUT2D eigenvalue weighted by Gasteiger charge is 2.20. The van der Waals surface area contributed by atoms with E-state index in [1.165, 1.54) is 6.42 Å². The summed E-state index contributed by atoms with van der Waals surface area (Å²) in [7, 11) is 4.09. The van der Waals surface area contributed by atoms with Crippen molar-refractivity contribution >= 4 is 18.2 Å². The Labute approximate surface area is 74.4 Å². The molecule has 1 atom stereocenters. The Morgan fingerprint density at radius 3 is 2.45 bits per heavy atom. The summed E-state index contributed by atoms with van der Waals surface area (Å²) in [5, 5.41) is 0. The smallest absolute Gasteiger partial charge is 0.134 e. The lowest BCUT2D eigenvalue weighted by Gasteiger charge is -2.26. The SMILES string of the molecule is CN(C)C1CCCC(=O)C1.Cl. The quantitative estimate of drug-likeness (QED) is 0.605. The first-order chi connectivity index (χ1) is 4.70. The van der Waals surface area contributed by atoms with Crippen LogP contribution in [0.3, 0.4) is 0 Å². The van der Waals surface area contributed by atoms with Gasteiger partial charge >= 0.3 is 0 Å². The van der Waals surface area contributed by atoms with E-state index >= 15 is 0 Å². The molecule has 66 valence electrons. The molecule has 3 heteroatoms. The number of carbonyl (C=O) groups excluding carboxylic acids is 1. The number of nitrogens with zero attached hydrogens (tertiary/aromatic N) is 1. The molecule has 0 aromatic carbocycles. The predicted molar refractivity (Wildman–Crippen MR) is 48.2 cm³/mol. The van der Waals surface area contributed by atoms with Crippen molar-refractivity contribution in [2.45, 2.75) is 31.7 Å². The minimum absolute atomic E-state index is 0. The van der Waals surface area contributed by atoms with Crippen molar-refractivity contribution in [3.63, 3.8) is 0 Å². The standard InChI is InChI=1S/C8H15NO.ClH/c1-9(2)7-4-3-5-8(10)6-7;/h7H,3-6H2,1-2H3;1H. The molecule has 11 heavy (non-hydrogen) atoms. The minimum atomic E-state index is 0. The topological polar surface area (TPSA) is 20.3 Å². The molecule has 0 aromatic heterocycles. The molecule has 1 rings (SSSR count). The van der Waals surface area contributed by atoms with E-state index in [9.17, 15) is 4.79 Å². The molecule has 0 aromatic rings. The first-order valence-corrected chi connectivity index (χ1v) is 3.88. The fraction of sp³-hybridized carbons (Fsp3) is 0.875. The molecule has 0 aliphatic heterocycles. The predicted octanol–water partition coefficient (Wildman–Crippen LogP) is 1.48. The van der Waals surface area contributed by atoms with Crippen LogP contribution in [0, 0.1) is 0 Å². The lowest BCUT2D eigenvalue weighted by molar-refractivity contribution is -0.121. The van der Waals surface area contributed by atoms with Gasteiger partial charge in [0, 0.05) is 18.9 Å². The Bertz CT molecular complexity index is 136. The lowest BCUT2D eigenvalue weighted by atomic mass is 9.94. The van der Waals surface area contributed by atoms with Gasteiger partial charge in [0.05, 0.1) is 0 Å². The second kappa shape index (κ2) is 4.73. The van der Waals surface area contributed by atoms with Gasteiger partial charge in [0.1, 0.15) is 5.78 Å². The van der Waals surface area contributed by atoms with Crippen LogP contribution in [0.15, 0.2) is 0 Å². The Balaban J connectivity index is 0.000001000. The molecule has 2 nitrogen and oxygen atoms in total. The Morgan fingerprint density at radius 2 is 2.09 bits per heavy atom.